The van der Waals surface area contributed by atoms with Crippen molar-refractivity contribution in [2.45, 2.75) is 6.42 Å². The van der Waals surface area contributed by atoms with Crippen molar-refractivity contribution in [2.24, 2.45) is 0 Å². The number of nitrogens with one attached hydrogen (secondary N) is 2. The fraction of sp³-hybridized carbons (Fsp3) is 0.222. The maximum absolute atomic E-state index is 5.49. The van der Waals surface area contributed by atoms with Gasteiger partial charge in [0.15, 0.2) is 0 Å². The average molecular weight is 283 g/mol. The first-order valence-corrected chi connectivity index (χ1v) is 5.54. The smallest absolute Gasteiger partial charge is 0.221 e. The first-order chi connectivity index (χ1) is 7.75. The van der Waals surface area contributed by atoms with E-state index >= 15 is 0 Å². The van der Waals surface area contributed by atoms with Gasteiger partial charge in [-0.2, -0.15) is 4.98 Å². The van der Waals surface area contributed by atoms with Crippen LogP contribution in [0.2, 0.25) is 0 Å². The molecule has 2 rings (SSSR count). The first-order valence-electron chi connectivity index (χ1n) is 4.75. The van der Waals surface area contributed by atoms with E-state index in [-0.39, 0.29) is 5.95 Å². The van der Waals surface area contributed by atoms with Crippen LogP contribution in [0.3, 0.4) is 0 Å². The molecule has 2 aromatic rings. The monoisotopic (exact) mass is 282 g/mol. The highest BCUT2D eigenvalue weighted by Gasteiger charge is 2.02. The van der Waals surface area contributed by atoms with Gasteiger partial charge in [0.1, 0.15) is 5.82 Å². The average Bonchev–Trinajstić information content (AvgIpc) is 2.76. The number of aromatic amines is 1. The van der Waals surface area contributed by atoms with Crippen LogP contribution in [-0.4, -0.2) is 26.5 Å². The second kappa shape index (κ2) is 4.93. The Labute approximate surface area is 101 Å². The number of hydrogen-bond acceptors (Lipinski definition) is 5. The molecule has 0 fully saturated rings. The molecule has 0 radical (unpaired) electrons. The molecule has 0 saturated carbocycles. The molecule has 0 amide bonds. The summed E-state index contributed by atoms with van der Waals surface area (Å²) in [6, 6.07) is 0. The minimum Gasteiger partial charge on any atom is -0.369 e. The summed E-state index contributed by atoms with van der Waals surface area (Å²) >= 11 is 3.35. The van der Waals surface area contributed by atoms with Gasteiger partial charge in [-0.05, 0) is 15.9 Å². The number of aromatic nitrogens is 4. The topological polar surface area (TPSA) is 92.5 Å². The number of nitrogens with zero attached hydrogens (tertiary/aromatic N) is 3. The van der Waals surface area contributed by atoms with Crippen molar-refractivity contribution >= 4 is 27.7 Å². The van der Waals surface area contributed by atoms with E-state index in [9.17, 15) is 0 Å². The number of nitrogens with two attached hydrogens (primary N) is 1. The second-order valence-corrected chi connectivity index (χ2v) is 4.03. The van der Waals surface area contributed by atoms with Gasteiger partial charge in [-0.3, -0.25) is 0 Å². The third kappa shape index (κ3) is 2.69. The van der Waals surface area contributed by atoms with Crippen LogP contribution < -0.4 is 11.1 Å². The van der Waals surface area contributed by atoms with Gasteiger partial charge in [-0.1, -0.05) is 0 Å². The highest BCUT2D eigenvalue weighted by molar-refractivity contribution is 9.10. The molecule has 0 aliphatic heterocycles. The van der Waals surface area contributed by atoms with Crippen molar-refractivity contribution in [3.8, 4) is 0 Å². The molecule has 6 nitrogen and oxygen atoms in total. The minimum absolute atomic E-state index is 0.257. The summed E-state index contributed by atoms with van der Waals surface area (Å²) in [5, 5.41) is 3.17. The highest BCUT2D eigenvalue weighted by atomic mass is 79.9. The molecule has 0 bridgehead atoms. The zero-order chi connectivity index (χ0) is 11.4. The molecule has 0 spiro atoms. The molecule has 0 atom stereocenters. The molecule has 4 N–H and O–H groups in total. The van der Waals surface area contributed by atoms with Gasteiger partial charge in [0, 0.05) is 31.1 Å². The van der Waals surface area contributed by atoms with E-state index < -0.39 is 0 Å². The molecule has 84 valence electrons. The van der Waals surface area contributed by atoms with Gasteiger partial charge in [-0.15, -0.1) is 0 Å². The summed E-state index contributed by atoms with van der Waals surface area (Å²) < 4.78 is 0.798. The van der Waals surface area contributed by atoms with E-state index in [1.54, 1.807) is 18.7 Å². The Hall–Kier alpha value is -1.63. The summed E-state index contributed by atoms with van der Waals surface area (Å²) in [6.45, 7) is 0.747. The van der Waals surface area contributed by atoms with E-state index in [0.29, 0.717) is 5.82 Å². The lowest BCUT2D eigenvalue weighted by molar-refractivity contribution is 0.963. The first kappa shape index (κ1) is 10.9. The maximum atomic E-state index is 5.49. The number of rotatable bonds is 4. The van der Waals surface area contributed by atoms with Crippen molar-refractivity contribution in [3.63, 3.8) is 0 Å². The van der Waals surface area contributed by atoms with Gasteiger partial charge < -0.3 is 16.0 Å². The molecule has 0 unspecified atom stereocenters. The number of anilines is 2. The summed E-state index contributed by atoms with van der Waals surface area (Å²) in [7, 11) is 0. The van der Waals surface area contributed by atoms with Crippen LogP contribution in [0.15, 0.2) is 23.2 Å². The third-order valence-electron chi connectivity index (χ3n) is 2.00. The summed E-state index contributed by atoms with van der Waals surface area (Å²) in [5.74, 6) is 0.958. The number of nitrogen functional groups attached to an aromatic ring is 1. The van der Waals surface area contributed by atoms with E-state index in [2.05, 4.69) is 41.2 Å². The van der Waals surface area contributed by atoms with Crippen molar-refractivity contribution in [1.29, 1.82) is 0 Å². The molecule has 7 heteroatoms. The summed E-state index contributed by atoms with van der Waals surface area (Å²) in [4.78, 5) is 14.9. The van der Waals surface area contributed by atoms with Crippen LogP contribution in [0.5, 0.6) is 0 Å². The summed E-state index contributed by atoms with van der Waals surface area (Å²) in [6.07, 6.45) is 5.93. The number of imidazole rings is 1. The van der Waals surface area contributed by atoms with Crippen LogP contribution in [0, 0.1) is 0 Å². The van der Waals surface area contributed by atoms with Crippen LogP contribution in [0.25, 0.3) is 0 Å². The van der Waals surface area contributed by atoms with Crippen LogP contribution in [0.1, 0.15) is 5.69 Å². The van der Waals surface area contributed by atoms with Crippen molar-refractivity contribution < 1.29 is 0 Å². The third-order valence-corrected chi connectivity index (χ3v) is 2.58. The quantitative estimate of drug-likeness (QED) is 0.784. The number of H-pyrrole nitrogens is 1. The standard InChI is InChI=1S/C9H11BrN6/c10-7-4-14-9(11)16-8(7)13-2-1-6-3-12-5-15-6/h3-5H,1-2H2,(H,12,15)(H3,11,13,14,16). The van der Waals surface area contributed by atoms with E-state index in [0.717, 1.165) is 23.1 Å². The van der Waals surface area contributed by atoms with Crippen LogP contribution in [-0.2, 0) is 6.42 Å². The SMILES string of the molecule is Nc1ncc(Br)c(NCCc2cnc[nH]2)n1. The molecule has 0 saturated heterocycles. The Morgan fingerprint density at radius 2 is 2.31 bits per heavy atom. The maximum Gasteiger partial charge on any atom is 0.221 e. The molecular weight excluding hydrogens is 272 g/mol. The van der Waals surface area contributed by atoms with Gasteiger partial charge in [0.2, 0.25) is 5.95 Å². The van der Waals surface area contributed by atoms with Gasteiger partial charge in [0.25, 0.3) is 0 Å². The van der Waals surface area contributed by atoms with Crippen molar-refractivity contribution in [1.82, 2.24) is 19.9 Å². The Morgan fingerprint density at radius 1 is 1.44 bits per heavy atom. The fourth-order valence-corrected chi connectivity index (χ4v) is 1.57. The Morgan fingerprint density at radius 3 is 3.06 bits per heavy atom. The zero-order valence-electron chi connectivity index (χ0n) is 8.44. The number of halogens is 1. The zero-order valence-corrected chi connectivity index (χ0v) is 10.0. The van der Waals surface area contributed by atoms with E-state index in [4.69, 9.17) is 5.73 Å². The van der Waals surface area contributed by atoms with Crippen molar-refractivity contribution in [2.75, 3.05) is 17.6 Å². The van der Waals surface area contributed by atoms with Gasteiger partial charge in [0.05, 0.1) is 10.8 Å². The van der Waals surface area contributed by atoms with Crippen LogP contribution in [0.4, 0.5) is 11.8 Å². The minimum atomic E-state index is 0.257. The predicted octanol–water partition coefficient (Wildman–Crippen LogP) is 1.20. The Balaban J connectivity index is 1.92. The van der Waals surface area contributed by atoms with Gasteiger partial charge in [-0.25, -0.2) is 9.97 Å². The Bertz CT molecular complexity index is 455. The molecule has 2 heterocycles. The van der Waals surface area contributed by atoms with Crippen LogP contribution >= 0.6 is 15.9 Å². The molecule has 2 aromatic heterocycles. The highest BCUT2D eigenvalue weighted by Crippen LogP contribution is 2.18. The summed E-state index contributed by atoms with van der Waals surface area (Å²) in [5.41, 5.74) is 6.57. The fourth-order valence-electron chi connectivity index (χ4n) is 1.24. The molecule has 0 aliphatic rings. The lowest BCUT2D eigenvalue weighted by Gasteiger charge is -2.06. The molecule has 16 heavy (non-hydrogen) atoms. The largest absolute Gasteiger partial charge is 0.369 e. The van der Waals surface area contributed by atoms with E-state index in [1.807, 2.05) is 0 Å². The van der Waals surface area contributed by atoms with Crippen molar-refractivity contribution in [3.05, 3.63) is 28.9 Å². The van der Waals surface area contributed by atoms with E-state index in [1.165, 1.54) is 0 Å². The second-order valence-electron chi connectivity index (χ2n) is 3.18. The molecular formula is C9H11BrN6. The molecule has 0 aliphatic carbocycles. The lowest BCUT2D eigenvalue weighted by atomic mass is 10.3. The number of hydrogen-bond donors (Lipinski definition) is 3. The van der Waals surface area contributed by atoms with Gasteiger partial charge >= 0.3 is 0 Å². The Kier molecular flexibility index (Phi) is 3.35. The molecule has 0 aromatic carbocycles. The lowest BCUT2D eigenvalue weighted by Crippen LogP contribution is -2.08. The normalized spacial score (nSPS) is 10.3. The predicted molar refractivity (Wildman–Crippen MR) is 64.9 cm³/mol.